The molecule has 0 nitrogen and oxygen atoms in total. The fraction of sp³-hybridized carbons (Fsp3) is 0.293. The third-order valence-electron chi connectivity index (χ3n) is 15.3. The number of halogens is 2. The molecule has 0 bridgehead atoms. The quantitative estimate of drug-likeness (QED) is 0.105. The zero-order valence-electron chi connectivity index (χ0n) is 53.2. The molecule has 12 rings (SSSR count). The summed E-state index contributed by atoms with van der Waals surface area (Å²) in [6.07, 6.45) is 26.4. The number of fused-ring (bicyclic) bond motifs is 6. The van der Waals surface area contributed by atoms with Gasteiger partial charge in [-0.2, -0.15) is 70.8 Å². The first kappa shape index (κ1) is 71.2. The Labute approximate surface area is 555 Å². The molecule has 4 aliphatic carbocycles. The molecule has 0 amide bonds. The van der Waals surface area contributed by atoms with Crippen LogP contribution in [-0.2, 0) is 100 Å². The molecule has 0 spiro atoms. The first-order valence-corrected chi connectivity index (χ1v) is 31.7. The molecule has 4 aliphatic rings. The van der Waals surface area contributed by atoms with Crippen LogP contribution in [0.15, 0.2) is 218 Å². The minimum atomic E-state index is 0. The zero-order chi connectivity index (χ0) is 60.3. The molecule has 86 heavy (non-hydrogen) atoms. The van der Waals surface area contributed by atoms with E-state index in [4.69, 9.17) is 0 Å². The normalized spacial score (nSPS) is 12.7. The van der Waals surface area contributed by atoms with Crippen LogP contribution in [0.5, 0.6) is 0 Å². The van der Waals surface area contributed by atoms with Crippen LogP contribution in [0.25, 0.3) is 22.3 Å². The van der Waals surface area contributed by atoms with Crippen molar-refractivity contribution < 1.29 is 64.8 Å². The van der Waals surface area contributed by atoms with Crippen LogP contribution in [0.2, 0.25) is 0 Å². The topological polar surface area (TPSA) is 0 Å². The summed E-state index contributed by atoms with van der Waals surface area (Å²) in [5, 5.41) is 0. The Morgan fingerprint density at radius 3 is 0.872 bits per heavy atom. The minimum absolute atomic E-state index is 0. The summed E-state index contributed by atoms with van der Waals surface area (Å²) in [7, 11) is 0. The Hall–Kier alpha value is -5.53. The van der Waals surface area contributed by atoms with E-state index in [2.05, 4.69) is 341 Å². The van der Waals surface area contributed by atoms with Gasteiger partial charge in [-0.05, 0) is 34.8 Å². The summed E-state index contributed by atoms with van der Waals surface area (Å²) in [6, 6.07) is 72.7. The van der Waals surface area contributed by atoms with Crippen LogP contribution in [0.4, 0.5) is 0 Å². The van der Waals surface area contributed by atoms with Gasteiger partial charge >= 0.3 is 217 Å². The molecule has 0 aliphatic heterocycles. The molecule has 440 valence electrons. The van der Waals surface area contributed by atoms with E-state index in [9.17, 15) is 0 Å². The standard InChI is InChI=1S/2C21H25.2C15H14.2C5H5.2ClH.2Ti/c2*1-20(2,3)16-9-7-14-11-15-8-10-17(21(4,5)6)13-19(15)18(14)12-16;2*1-3-8-14(9-4-1)12-7-13-15-10-5-2-6-11-15;2*1-2-4-5-3-1;;;;/h2*7,9-10,12-13H,11H2,1-6H3;2*1-6,8-11H,12-13H2;2*1-3H,4H2;2*1H;;/q2*-1;;;2*-1;;;2*+2/p-2. The van der Waals surface area contributed by atoms with E-state index in [1.54, 1.807) is 0 Å². The zero-order valence-corrected chi connectivity index (χ0v) is 57.8. The van der Waals surface area contributed by atoms with E-state index in [1.165, 1.54) is 96.6 Å². The molecule has 0 saturated carbocycles. The van der Waals surface area contributed by atoms with Gasteiger partial charge in [0.15, 0.2) is 0 Å². The molecule has 0 unspecified atom stereocenters. The molecular formula is C82H88Cl2Ti2-2. The van der Waals surface area contributed by atoms with Crippen molar-refractivity contribution in [1.82, 2.24) is 0 Å². The van der Waals surface area contributed by atoms with Crippen molar-refractivity contribution >= 4 is 7.62 Å². The van der Waals surface area contributed by atoms with Gasteiger partial charge in [0.1, 0.15) is 0 Å². The van der Waals surface area contributed by atoms with Crippen molar-refractivity contribution in [2.45, 2.75) is 156 Å². The molecule has 0 heterocycles. The molecule has 0 saturated heterocycles. The van der Waals surface area contributed by atoms with E-state index in [0.717, 1.165) is 51.4 Å². The predicted molar refractivity (Wildman–Crippen MR) is 356 cm³/mol. The third kappa shape index (κ3) is 22.6. The predicted octanol–water partition coefficient (Wildman–Crippen LogP) is 14.3. The van der Waals surface area contributed by atoms with E-state index in [0.29, 0.717) is 0 Å². The molecule has 8 aromatic carbocycles. The van der Waals surface area contributed by atoms with Crippen molar-refractivity contribution in [3.63, 3.8) is 0 Å². The van der Waals surface area contributed by atoms with Gasteiger partial charge in [-0.15, -0.1) is 24.0 Å². The first-order valence-electron chi connectivity index (χ1n) is 30.1. The van der Waals surface area contributed by atoms with Gasteiger partial charge in [0.25, 0.3) is 0 Å². The van der Waals surface area contributed by atoms with Gasteiger partial charge < -0.3 is 24.8 Å². The molecule has 0 aromatic heterocycles. The van der Waals surface area contributed by atoms with Crippen LogP contribution >= 0.6 is 0 Å². The first-order chi connectivity index (χ1) is 40.0. The number of hydrogen-bond acceptors (Lipinski definition) is 0. The fourth-order valence-corrected chi connectivity index (χ4v) is 11.4. The molecule has 0 radical (unpaired) electrons. The van der Waals surface area contributed by atoms with Crippen LogP contribution in [-0.4, -0.2) is 7.62 Å². The van der Waals surface area contributed by atoms with Gasteiger partial charge in [-0.1, -0.05) is 153 Å². The number of allylic oxidation sites excluding steroid dienone is 8. The van der Waals surface area contributed by atoms with Crippen LogP contribution < -0.4 is 24.8 Å². The molecule has 0 fully saturated rings. The summed E-state index contributed by atoms with van der Waals surface area (Å²) < 4.78 is 3.02. The Morgan fingerprint density at radius 2 is 0.640 bits per heavy atom. The van der Waals surface area contributed by atoms with Crippen molar-refractivity contribution in [3.8, 4) is 22.3 Å². The maximum atomic E-state index is 3.53. The Balaban J connectivity index is 0.000000198. The molecule has 0 N–H and O–H groups in total. The second kappa shape index (κ2) is 33.7. The SMILES string of the molecule is CC(C)(C)c1c[c-]c2c(c1)-c1cc(C(C)(C)C)ccc1C2.CC(C)(C)c1c[c-]c2c(c1)-c1cc(C(C)(C)C)ccc1C2.[C-]1=CC=CC1.[C-]1=CC=CC1.[Cl-].[Cl-].[Ti+2]=[C](Cc1ccccc1)Cc1ccccc1.[Ti+2]=[C](Cc1ccccc1)Cc1ccccc1. The summed E-state index contributed by atoms with van der Waals surface area (Å²) in [4.78, 5) is 0. The van der Waals surface area contributed by atoms with Crippen LogP contribution in [0.3, 0.4) is 0 Å². The van der Waals surface area contributed by atoms with Gasteiger partial charge in [-0.25, -0.2) is 24.3 Å². The second-order valence-corrected chi connectivity index (χ2v) is 28.7. The Bertz CT molecular complexity index is 3070. The van der Waals surface area contributed by atoms with Gasteiger partial charge in [0.05, 0.1) is 0 Å². The average molecular weight is 1240 g/mol. The number of hydrogen-bond donors (Lipinski definition) is 0. The summed E-state index contributed by atoms with van der Waals surface area (Å²) in [5.41, 5.74) is 23.1. The van der Waals surface area contributed by atoms with Gasteiger partial charge in [-0.3, -0.25) is 12.2 Å². The van der Waals surface area contributed by atoms with Crippen molar-refractivity contribution in [2.75, 3.05) is 0 Å². The fourth-order valence-electron chi connectivity index (χ4n) is 10.1. The van der Waals surface area contributed by atoms with E-state index < -0.39 is 0 Å². The van der Waals surface area contributed by atoms with Crippen molar-refractivity contribution in [3.05, 3.63) is 309 Å². The van der Waals surface area contributed by atoms with E-state index in [-0.39, 0.29) is 46.5 Å². The van der Waals surface area contributed by atoms with E-state index in [1.807, 2.05) is 24.3 Å². The number of benzene rings is 8. The van der Waals surface area contributed by atoms with Gasteiger partial charge in [0, 0.05) is 0 Å². The van der Waals surface area contributed by atoms with Crippen molar-refractivity contribution in [2.24, 2.45) is 0 Å². The second-order valence-electron chi connectivity index (χ2n) is 26.5. The maximum absolute atomic E-state index is 3.53. The molecule has 4 heteroatoms. The summed E-state index contributed by atoms with van der Waals surface area (Å²) >= 11 is 4.47. The molecular weight excluding hydrogens is 1150 g/mol. The monoisotopic (exact) mass is 1240 g/mol. The van der Waals surface area contributed by atoms with Gasteiger partial charge in [0.2, 0.25) is 0 Å². The number of rotatable bonds is 8. The third-order valence-corrected chi connectivity index (χ3v) is 16.4. The van der Waals surface area contributed by atoms with Crippen LogP contribution in [0, 0.1) is 24.3 Å². The molecule has 8 aromatic rings. The van der Waals surface area contributed by atoms with Crippen LogP contribution in [0.1, 0.15) is 163 Å². The Kier molecular flexibility index (Phi) is 27.9. The Morgan fingerprint density at radius 1 is 0.360 bits per heavy atom. The van der Waals surface area contributed by atoms with E-state index >= 15 is 0 Å². The summed E-state index contributed by atoms with van der Waals surface area (Å²) in [6.45, 7) is 27.3. The average Bonchev–Trinajstić information content (AvgIpc) is 2.64. The molecule has 0 atom stereocenters. The van der Waals surface area contributed by atoms with Crippen molar-refractivity contribution in [1.29, 1.82) is 0 Å². The summed E-state index contributed by atoms with van der Waals surface area (Å²) in [5.74, 6) is 0.